The van der Waals surface area contributed by atoms with Gasteiger partial charge in [0.1, 0.15) is 0 Å². The van der Waals surface area contributed by atoms with Crippen molar-refractivity contribution in [3.8, 4) is 0 Å². The van der Waals surface area contributed by atoms with Crippen LogP contribution in [0.25, 0.3) is 0 Å². The molecule has 0 aliphatic heterocycles. The molecule has 0 aliphatic carbocycles. The summed E-state index contributed by atoms with van der Waals surface area (Å²) in [5.41, 5.74) is 3.16. The molecule has 16 heavy (non-hydrogen) atoms. The minimum absolute atomic E-state index is 0.0893. The number of hydrogen-bond donors (Lipinski definition) is 1. The van der Waals surface area contributed by atoms with Gasteiger partial charge in [0.05, 0.1) is 0 Å². The van der Waals surface area contributed by atoms with E-state index in [2.05, 4.69) is 18.3 Å². The van der Waals surface area contributed by atoms with E-state index in [1.807, 2.05) is 33.0 Å². The van der Waals surface area contributed by atoms with Crippen LogP contribution in [0.3, 0.4) is 0 Å². The van der Waals surface area contributed by atoms with E-state index >= 15 is 0 Å². The second-order valence-electron chi connectivity index (χ2n) is 4.35. The molecule has 0 saturated heterocycles. The van der Waals surface area contributed by atoms with Crippen molar-refractivity contribution < 1.29 is 4.79 Å². The Morgan fingerprint density at radius 3 is 2.56 bits per heavy atom. The molecule has 1 atom stereocenters. The van der Waals surface area contributed by atoms with Crippen LogP contribution in [0.2, 0.25) is 0 Å². The van der Waals surface area contributed by atoms with Crippen LogP contribution in [0.5, 0.6) is 0 Å². The molecule has 0 amide bonds. The average molecular weight is 219 g/mol. The third kappa shape index (κ3) is 2.92. The average Bonchev–Trinajstić information content (AvgIpc) is 2.25. The molecule has 88 valence electrons. The van der Waals surface area contributed by atoms with Crippen molar-refractivity contribution >= 4 is 5.78 Å². The number of hydrogen-bond acceptors (Lipinski definition) is 2. The molecule has 1 rings (SSSR count). The fraction of sp³-hybridized carbons (Fsp3) is 0.500. The summed E-state index contributed by atoms with van der Waals surface area (Å²) < 4.78 is 0. The molecular formula is C14H21NO. The van der Waals surface area contributed by atoms with Crippen LogP contribution in [-0.4, -0.2) is 19.4 Å². The van der Waals surface area contributed by atoms with Gasteiger partial charge in [-0.3, -0.25) is 4.79 Å². The lowest BCUT2D eigenvalue weighted by Gasteiger charge is -2.14. The van der Waals surface area contributed by atoms with Crippen LogP contribution >= 0.6 is 0 Å². The molecule has 2 heteroatoms. The van der Waals surface area contributed by atoms with E-state index in [1.165, 1.54) is 5.56 Å². The predicted molar refractivity (Wildman–Crippen MR) is 68.0 cm³/mol. The molecule has 1 unspecified atom stereocenters. The second-order valence-corrected chi connectivity index (χ2v) is 4.35. The highest BCUT2D eigenvalue weighted by Crippen LogP contribution is 2.17. The quantitative estimate of drug-likeness (QED) is 0.771. The number of benzene rings is 1. The molecule has 1 aromatic rings. The van der Waals surface area contributed by atoms with Crippen LogP contribution in [0.15, 0.2) is 18.2 Å². The summed E-state index contributed by atoms with van der Waals surface area (Å²) in [4.78, 5) is 12.3. The van der Waals surface area contributed by atoms with Crippen molar-refractivity contribution in [3.05, 3.63) is 34.9 Å². The molecule has 0 bridgehead atoms. The molecule has 1 N–H and O–H groups in total. The van der Waals surface area contributed by atoms with Gasteiger partial charge in [0, 0.05) is 18.0 Å². The first-order valence-corrected chi connectivity index (χ1v) is 5.86. The zero-order chi connectivity index (χ0) is 12.1. The highest BCUT2D eigenvalue weighted by atomic mass is 16.1. The van der Waals surface area contributed by atoms with Gasteiger partial charge in [-0.05, 0) is 32.9 Å². The third-order valence-corrected chi connectivity index (χ3v) is 2.96. The number of rotatable bonds is 5. The number of carbonyl (C=O) groups is 1. The summed E-state index contributed by atoms with van der Waals surface area (Å²) in [5, 5.41) is 3.08. The van der Waals surface area contributed by atoms with Crippen molar-refractivity contribution in [2.45, 2.75) is 27.2 Å². The van der Waals surface area contributed by atoms with Gasteiger partial charge < -0.3 is 5.32 Å². The summed E-state index contributed by atoms with van der Waals surface area (Å²) in [6, 6.07) is 6.02. The smallest absolute Gasteiger partial charge is 0.167 e. The minimum Gasteiger partial charge on any atom is -0.319 e. The Morgan fingerprint density at radius 2 is 2.06 bits per heavy atom. The summed E-state index contributed by atoms with van der Waals surface area (Å²) >= 11 is 0. The topological polar surface area (TPSA) is 29.1 Å². The molecule has 0 heterocycles. The molecule has 2 nitrogen and oxygen atoms in total. The lowest BCUT2D eigenvalue weighted by atomic mass is 9.92. The minimum atomic E-state index is 0.0893. The largest absolute Gasteiger partial charge is 0.319 e. The Balaban J connectivity index is 2.94. The van der Waals surface area contributed by atoms with E-state index in [1.54, 1.807) is 0 Å². The fourth-order valence-electron chi connectivity index (χ4n) is 1.98. The molecule has 1 aromatic carbocycles. The first-order chi connectivity index (χ1) is 7.60. The Hall–Kier alpha value is -1.15. The van der Waals surface area contributed by atoms with E-state index in [9.17, 15) is 4.79 Å². The van der Waals surface area contributed by atoms with E-state index in [0.29, 0.717) is 0 Å². The molecule has 0 saturated carbocycles. The maximum Gasteiger partial charge on any atom is 0.167 e. The molecule has 0 aromatic heterocycles. The summed E-state index contributed by atoms with van der Waals surface area (Å²) in [5.74, 6) is 0.348. The van der Waals surface area contributed by atoms with Crippen LogP contribution in [0, 0.1) is 19.8 Å². The van der Waals surface area contributed by atoms with E-state index < -0.39 is 0 Å². The second kappa shape index (κ2) is 5.80. The number of ketones is 1. The zero-order valence-electron chi connectivity index (χ0n) is 10.6. The fourth-order valence-corrected chi connectivity index (χ4v) is 1.98. The van der Waals surface area contributed by atoms with Gasteiger partial charge in [-0.25, -0.2) is 0 Å². The lowest BCUT2D eigenvalue weighted by Crippen LogP contribution is -2.26. The Kier molecular flexibility index (Phi) is 4.69. The normalized spacial score (nSPS) is 12.5. The Morgan fingerprint density at radius 1 is 1.38 bits per heavy atom. The summed E-state index contributed by atoms with van der Waals surface area (Å²) in [7, 11) is 1.89. The molecular weight excluding hydrogens is 198 g/mol. The van der Waals surface area contributed by atoms with Gasteiger partial charge in [0.15, 0.2) is 5.78 Å². The lowest BCUT2D eigenvalue weighted by molar-refractivity contribution is 0.0916. The maximum absolute atomic E-state index is 12.3. The van der Waals surface area contributed by atoms with Crippen molar-refractivity contribution in [2.75, 3.05) is 13.6 Å². The van der Waals surface area contributed by atoms with Crippen LogP contribution in [-0.2, 0) is 0 Å². The number of nitrogens with one attached hydrogen (secondary N) is 1. The van der Waals surface area contributed by atoms with E-state index in [4.69, 9.17) is 0 Å². The van der Waals surface area contributed by atoms with Gasteiger partial charge in [-0.15, -0.1) is 0 Å². The van der Waals surface area contributed by atoms with Crippen molar-refractivity contribution in [1.82, 2.24) is 5.32 Å². The maximum atomic E-state index is 12.3. The summed E-state index contributed by atoms with van der Waals surface area (Å²) in [6.45, 7) is 6.87. The SMILES string of the molecule is CCC(CNC)C(=O)c1ccc(C)cc1C. The molecule has 0 spiro atoms. The first kappa shape index (κ1) is 12.9. The van der Waals surface area contributed by atoms with Crippen molar-refractivity contribution in [2.24, 2.45) is 5.92 Å². The van der Waals surface area contributed by atoms with Gasteiger partial charge in [-0.1, -0.05) is 30.7 Å². The molecule has 0 aliphatic rings. The highest BCUT2D eigenvalue weighted by Gasteiger charge is 2.18. The number of aryl methyl sites for hydroxylation is 2. The molecule has 0 fully saturated rings. The predicted octanol–water partition coefficient (Wildman–Crippen LogP) is 2.73. The van der Waals surface area contributed by atoms with Gasteiger partial charge in [-0.2, -0.15) is 0 Å². The number of Topliss-reactive ketones (excluding diaryl/α,β-unsaturated/α-hetero) is 1. The Bertz CT molecular complexity index is 371. The van der Waals surface area contributed by atoms with Crippen molar-refractivity contribution in [3.63, 3.8) is 0 Å². The standard InChI is InChI=1S/C14H21NO/c1-5-12(9-15-4)14(16)13-7-6-10(2)8-11(13)3/h6-8,12,15H,5,9H2,1-4H3. The third-order valence-electron chi connectivity index (χ3n) is 2.96. The van der Waals surface area contributed by atoms with Crippen LogP contribution < -0.4 is 5.32 Å². The van der Waals surface area contributed by atoms with Crippen LogP contribution in [0.4, 0.5) is 0 Å². The zero-order valence-corrected chi connectivity index (χ0v) is 10.6. The van der Waals surface area contributed by atoms with E-state index in [0.717, 1.165) is 24.1 Å². The molecule has 0 radical (unpaired) electrons. The Labute approximate surface area is 98.1 Å². The monoisotopic (exact) mass is 219 g/mol. The van der Waals surface area contributed by atoms with Crippen LogP contribution in [0.1, 0.15) is 34.8 Å². The van der Waals surface area contributed by atoms with Gasteiger partial charge >= 0.3 is 0 Å². The van der Waals surface area contributed by atoms with E-state index in [-0.39, 0.29) is 11.7 Å². The highest BCUT2D eigenvalue weighted by molar-refractivity contribution is 5.99. The number of carbonyl (C=O) groups excluding carboxylic acids is 1. The summed E-state index contributed by atoms with van der Waals surface area (Å²) in [6.07, 6.45) is 0.882. The van der Waals surface area contributed by atoms with Crippen molar-refractivity contribution in [1.29, 1.82) is 0 Å². The van der Waals surface area contributed by atoms with Gasteiger partial charge in [0.25, 0.3) is 0 Å². The first-order valence-electron chi connectivity index (χ1n) is 5.86. The van der Waals surface area contributed by atoms with Gasteiger partial charge in [0.2, 0.25) is 0 Å².